The van der Waals surface area contributed by atoms with Crippen LogP contribution in [0.4, 0.5) is 0 Å². The Kier molecular flexibility index (Phi) is 4.04. The first-order valence-corrected chi connectivity index (χ1v) is 7.37. The zero-order chi connectivity index (χ0) is 15.5. The molecule has 0 saturated heterocycles. The van der Waals surface area contributed by atoms with E-state index in [-0.39, 0.29) is 5.22 Å². The monoisotopic (exact) mass is 329 g/mol. The molecule has 0 radical (unpaired) electrons. The SMILES string of the molecule is Cc1cc(C#N)nc(Sc2nnc(-c3ccccc3Cl)o2)n1. The quantitative estimate of drug-likeness (QED) is 0.679. The van der Waals surface area contributed by atoms with E-state index >= 15 is 0 Å². The zero-order valence-corrected chi connectivity index (χ0v) is 12.9. The molecule has 2 heterocycles. The fourth-order valence-corrected chi connectivity index (χ4v) is 2.63. The van der Waals surface area contributed by atoms with Crippen molar-refractivity contribution in [2.75, 3.05) is 0 Å². The van der Waals surface area contributed by atoms with Gasteiger partial charge in [-0.05, 0) is 25.1 Å². The third kappa shape index (κ3) is 3.08. The molecule has 0 spiro atoms. The predicted molar refractivity (Wildman–Crippen MR) is 80.4 cm³/mol. The van der Waals surface area contributed by atoms with Gasteiger partial charge in [0.1, 0.15) is 11.8 Å². The van der Waals surface area contributed by atoms with E-state index < -0.39 is 0 Å². The molecule has 8 heteroatoms. The van der Waals surface area contributed by atoms with Crippen molar-refractivity contribution < 1.29 is 4.42 Å². The topological polar surface area (TPSA) is 88.5 Å². The molecule has 2 aromatic heterocycles. The van der Waals surface area contributed by atoms with E-state index in [2.05, 4.69) is 20.2 Å². The van der Waals surface area contributed by atoms with Crippen LogP contribution in [-0.4, -0.2) is 20.2 Å². The minimum absolute atomic E-state index is 0.282. The Balaban J connectivity index is 1.88. The molecule has 0 N–H and O–H groups in total. The number of aryl methyl sites for hydroxylation is 1. The van der Waals surface area contributed by atoms with Crippen LogP contribution in [0, 0.1) is 18.3 Å². The molecule has 0 amide bonds. The van der Waals surface area contributed by atoms with Crippen molar-refractivity contribution in [2.24, 2.45) is 0 Å². The number of aromatic nitrogens is 4. The van der Waals surface area contributed by atoms with Gasteiger partial charge in [-0.1, -0.05) is 23.7 Å². The normalized spacial score (nSPS) is 10.4. The van der Waals surface area contributed by atoms with Gasteiger partial charge in [0.25, 0.3) is 5.22 Å². The van der Waals surface area contributed by atoms with Crippen molar-refractivity contribution in [3.63, 3.8) is 0 Å². The van der Waals surface area contributed by atoms with Crippen molar-refractivity contribution in [3.8, 4) is 17.5 Å². The number of hydrogen-bond acceptors (Lipinski definition) is 7. The third-order valence-corrected chi connectivity index (χ3v) is 3.67. The van der Waals surface area contributed by atoms with E-state index in [1.807, 2.05) is 18.2 Å². The summed E-state index contributed by atoms with van der Waals surface area (Å²) < 4.78 is 5.56. The Labute approximate surface area is 135 Å². The molecule has 0 aliphatic carbocycles. The molecule has 0 fully saturated rings. The second-order valence-electron chi connectivity index (χ2n) is 4.24. The minimum Gasteiger partial charge on any atom is -0.411 e. The van der Waals surface area contributed by atoms with Crippen LogP contribution < -0.4 is 0 Å². The molecule has 0 unspecified atom stereocenters. The van der Waals surface area contributed by atoms with Crippen LogP contribution in [0.1, 0.15) is 11.4 Å². The lowest BCUT2D eigenvalue weighted by molar-refractivity contribution is 0.465. The van der Waals surface area contributed by atoms with Crippen molar-refractivity contribution in [3.05, 3.63) is 46.7 Å². The molecule has 108 valence electrons. The first-order valence-electron chi connectivity index (χ1n) is 6.18. The number of rotatable bonds is 3. The van der Waals surface area contributed by atoms with E-state index in [0.29, 0.717) is 33.0 Å². The molecule has 0 aliphatic heterocycles. The van der Waals surface area contributed by atoms with Gasteiger partial charge in [-0.25, -0.2) is 9.97 Å². The van der Waals surface area contributed by atoms with Crippen LogP contribution in [0.5, 0.6) is 0 Å². The Morgan fingerprint density at radius 1 is 1.23 bits per heavy atom. The number of hydrogen-bond donors (Lipinski definition) is 0. The van der Waals surface area contributed by atoms with Gasteiger partial charge in [0.05, 0.1) is 10.6 Å². The van der Waals surface area contributed by atoms with Crippen LogP contribution in [-0.2, 0) is 0 Å². The fraction of sp³-hybridized carbons (Fsp3) is 0.0714. The lowest BCUT2D eigenvalue weighted by atomic mass is 10.2. The van der Waals surface area contributed by atoms with Gasteiger partial charge in [-0.3, -0.25) is 0 Å². The highest BCUT2D eigenvalue weighted by Gasteiger charge is 2.14. The van der Waals surface area contributed by atoms with E-state index in [1.54, 1.807) is 25.1 Å². The van der Waals surface area contributed by atoms with E-state index in [4.69, 9.17) is 21.3 Å². The van der Waals surface area contributed by atoms with Crippen molar-refractivity contribution >= 4 is 23.4 Å². The van der Waals surface area contributed by atoms with Crippen LogP contribution in [0.3, 0.4) is 0 Å². The highest BCUT2D eigenvalue weighted by Crippen LogP contribution is 2.30. The molecule has 3 aromatic rings. The molecule has 0 saturated carbocycles. The average Bonchev–Trinajstić information content (AvgIpc) is 2.95. The second kappa shape index (κ2) is 6.13. The average molecular weight is 330 g/mol. The molecule has 0 aliphatic rings. The molecular weight excluding hydrogens is 322 g/mol. The van der Waals surface area contributed by atoms with Gasteiger partial charge >= 0.3 is 0 Å². The summed E-state index contributed by atoms with van der Waals surface area (Å²) in [5.74, 6) is 0.321. The number of nitrogens with zero attached hydrogens (tertiary/aromatic N) is 5. The molecule has 0 bridgehead atoms. The Morgan fingerprint density at radius 3 is 2.82 bits per heavy atom. The molecule has 3 rings (SSSR count). The van der Waals surface area contributed by atoms with Crippen LogP contribution in [0.15, 0.2) is 45.1 Å². The van der Waals surface area contributed by atoms with Crippen molar-refractivity contribution in [1.82, 2.24) is 20.2 Å². The highest BCUT2D eigenvalue weighted by molar-refractivity contribution is 7.98. The van der Waals surface area contributed by atoms with E-state index in [1.165, 1.54) is 0 Å². The van der Waals surface area contributed by atoms with Crippen LogP contribution >= 0.6 is 23.4 Å². The summed E-state index contributed by atoms with van der Waals surface area (Å²) in [7, 11) is 0. The zero-order valence-electron chi connectivity index (χ0n) is 11.3. The molecule has 1 aromatic carbocycles. The summed E-state index contributed by atoms with van der Waals surface area (Å²) in [5, 5.41) is 18.0. The standard InChI is InChI=1S/C14H8ClN5OS/c1-8-6-9(7-16)18-13(17-8)22-14-20-19-12(21-14)10-4-2-3-5-11(10)15/h2-6H,1H3. The minimum atomic E-state index is 0.282. The van der Waals surface area contributed by atoms with Crippen LogP contribution in [0.25, 0.3) is 11.5 Å². The van der Waals surface area contributed by atoms with Crippen LogP contribution in [0.2, 0.25) is 5.02 Å². The third-order valence-electron chi connectivity index (χ3n) is 2.64. The van der Waals surface area contributed by atoms with E-state index in [9.17, 15) is 0 Å². The summed E-state index contributed by atoms with van der Waals surface area (Å²) >= 11 is 7.19. The molecular formula is C14H8ClN5OS. The summed E-state index contributed by atoms with van der Waals surface area (Å²) in [6, 6.07) is 10.8. The van der Waals surface area contributed by atoms with E-state index in [0.717, 1.165) is 11.8 Å². The Bertz CT molecular complexity index is 874. The lowest BCUT2D eigenvalue weighted by Crippen LogP contribution is -1.93. The summed E-state index contributed by atoms with van der Waals surface area (Å²) in [6.45, 7) is 1.79. The number of nitriles is 1. The van der Waals surface area contributed by atoms with Gasteiger partial charge in [0.2, 0.25) is 5.89 Å². The number of halogens is 1. The molecule has 0 atom stereocenters. The van der Waals surface area contributed by atoms with Gasteiger partial charge in [0.15, 0.2) is 5.16 Å². The van der Waals surface area contributed by atoms with Crippen molar-refractivity contribution in [2.45, 2.75) is 17.3 Å². The fourth-order valence-electron chi connectivity index (χ4n) is 1.72. The predicted octanol–water partition coefficient (Wildman–Crippen LogP) is 3.51. The largest absolute Gasteiger partial charge is 0.411 e. The Hall–Kier alpha value is -2.43. The van der Waals surface area contributed by atoms with Gasteiger partial charge in [-0.2, -0.15) is 5.26 Å². The molecule has 6 nitrogen and oxygen atoms in total. The maximum absolute atomic E-state index is 8.92. The van der Waals surface area contributed by atoms with Crippen molar-refractivity contribution in [1.29, 1.82) is 5.26 Å². The lowest BCUT2D eigenvalue weighted by Gasteiger charge is -1.98. The summed E-state index contributed by atoms with van der Waals surface area (Å²) in [4.78, 5) is 8.31. The Morgan fingerprint density at radius 2 is 2.05 bits per heavy atom. The smallest absolute Gasteiger partial charge is 0.284 e. The first kappa shape index (κ1) is 14.5. The van der Waals surface area contributed by atoms with Gasteiger partial charge < -0.3 is 4.42 Å². The second-order valence-corrected chi connectivity index (χ2v) is 5.57. The van der Waals surface area contributed by atoms with Gasteiger partial charge in [0, 0.05) is 17.5 Å². The maximum atomic E-state index is 8.92. The highest BCUT2D eigenvalue weighted by atomic mass is 35.5. The first-order chi connectivity index (χ1) is 10.7. The molecule has 22 heavy (non-hydrogen) atoms. The van der Waals surface area contributed by atoms with Gasteiger partial charge in [-0.15, -0.1) is 10.2 Å². The number of benzene rings is 1. The summed E-state index contributed by atoms with van der Waals surface area (Å²) in [5.41, 5.74) is 1.65. The maximum Gasteiger partial charge on any atom is 0.284 e. The summed E-state index contributed by atoms with van der Waals surface area (Å²) in [6.07, 6.45) is 0.